The lowest BCUT2D eigenvalue weighted by molar-refractivity contribution is -0.390. The Labute approximate surface area is 327 Å². The number of H-pyrrole nitrogens is 1. The van der Waals surface area contributed by atoms with E-state index in [1.54, 1.807) is 29.1 Å². The van der Waals surface area contributed by atoms with Crippen molar-refractivity contribution in [3.63, 3.8) is 0 Å². The molecule has 0 atom stereocenters. The molecule has 0 aromatic carbocycles. The molecule has 0 saturated heterocycles. The second-order valence-electron chi connectivity index (χ2n) is 9.76. The Morgan fingerprint density at radius 3 is 1.53 bits per heavy atom. The summed E-state index contributed by atoms with van der Waals surface area (Å²) in [6, 6.07) is 5.63. The standard InChI is InChI=1S/C7H9BrN4O3.C7H7BrN4O2.C7H8N4O2.C4H5N3O2.C3H3N/c8-3-5-7(12(14)15)10-4-11(5)2-1-6(9)13;8-4-6-7(12(13)14)10-5-11(6)3-1-2-9;1-6-7(11(12)13)9-5-10(6)4-2-3-8;1-3-4(7(8)9)6-2-5-3;1-2-3-4/h4H,1-3H2,(H2,9,13);5H,1,3-4H2;5H,2,4H2,1H3;2H,1H3,(H,5,6);2H,1H2. The molecular weight excluding hydrogens is 864 g/mol. The van der Waals surface area contributed by atoms with Crippen molar-refractivity contribution in [2.75, 3.05) is 0 Å². The molecule has 0 unspecified atom stereocenters. The van der Waals surface area contributed by atoms with Crippen molar-refractivity contribution in [3.8, 4) is 18.2 Å². The Morgan fingerprint density at radius 1 is 0.800 bits per heavy atom. The van der Waals surface area contributed by atoms with Crippen molar-refractivity contribution < 1.29 is 24.5 Å². The predicted molar refractivity (Wildman–Crippen MR) is 197 cm³/mol. The summed E-state index contributed by atoms with van der Waals surface area (Å²) in [5.41, 5.74) is 6.81. The first kappa shape index (κ1) is 48.1. The van der Waals surface area contributed by atoms with E-state index in [0.29, 0.717) is 65.9 Å². The number of nitro groups is 4. The summed E-state index contributed by atoms with van der Waals surface area (Å²) < 4.78 is 4.75. The molecule has 0 aliphatic heterocycles. The van der Waals surface area contributed by atoms with Gasteiger partial charge in [-0.3, -0.25) is 4.79 Å². The summed E-state index contributed by atoms with van der Waals surface area (Å²) in [5.74, 6) is -0.976. The van der Waals surface area contributed by atoms with Gasteiger partial charge in [-0.1, -0.05) is 38.4 Å². The van der Waals surface area contributed by atoms with Gasteiger partial charge in [0.05, 0.1) is 41.7 Å². The van der Waals surface area contributed by atoms with Crippen LogP contribution >= 0.6 is 31.9 Å². The molecule has 4 aromatic rings. The second-order valence-corrected chi connectivity index (χ2v) is 10.9. The fourth-order valence-corrected chi connectivity index (χ4v) is 4.85. The molecule has 0 spiro atoms. The summed E-state index contributed by atoms with van der Waals surface area (Å²) >= 11 is 6.28. The Kier molecular flexibility index (Phi) is 22.7. The first-order chi connectivity index (χ1) is 26.1. The van der Waals surface area contributed by atoms with Crippen LogP contribution in [0.4, 0.5) is 23.3 Å². The molecule has 3 N–H and O–H groups in total. The van der Waals surface area contributed by atoms with Gasteiger partial charge in [-0.05, 0) is 48.5 Å². The molecule has 4 rings (SSSR count). The molecule has 0 aliphatic carbocycles. The fraction of sp³-hybridized carbons (Fsp3) is 0.357. The molecule has 25 nitrogen and oxygen atoms in total. The molecular formula is C28H32Br2N16O9. The Hall–Kier alpha value is -6.92. The van der Waals surface area contributed by atoms with Crippen molar-refractivity contribution in [2.24, 2.45) is 5.73 Å². The van der Waals surface area contributed by atoms with Gasteiger partial charge in [0.25, 0.3) is 0 Å². The van der Waals surface area contributed by atoms with Gasteiger partial charge in [-0.2, -0.15) is 15.8 Å². The molecule has 27 heteroatoms. The lowest BCUT2D eigenvalue weighted by Crippen LogP contribution is -2.14. The van der Waals surface area contributed by atoms with Crippen LogP contribution in [-0.4, -0.2) is 64.2 Å². The minimum absolute atomic E-state index is 0.0324. The zero-order chi connectivity index (χ0) is 42.1. The number of carbonyl (C=O) groups excluding carboxylic acids is 1. The van der Waals surface area contributed by atoms with Crippen LogP contribution in [0, 0.1) is 88.3 Å². The largest absolute Gasteiger partial charge is 0.385 e. The van der Waals surface area contributed by atoms with E-state index in [2.05, 4.69) is 63.4 Å². The number of halogens is 2. The molecule has 4 aromatic heterocycles. The van der Waals surface area contributed by atoms with Gasteiger partial charge in [-0.15, -0.1) is 0 Å². The van der Waals surface area contributed by atoms with Crippen LogP contribution in [0.2, 0.25) is 0 Å². The van der Waals surface area contributed by atoms with Crippen LogP contribution in [0.25, 0.3) is 0 Å². The third-order valence-electron chi connectivity index (χ3n) is 6.30. The number of primary amides is 1. The summed E-state index contributed by atoms with van der Waals surface area (Å²) in [5, 5.41) is 66.3. The number of nitrogens with zero attached hydrogens (tertiary/aromatic N) is 14. The normalized spacial score (nSPS) is 9.33. The number of nitrogens with two attached hydrogens (primary N) is 1. The van der Waals surface area contributed by atoms with E-state index in [0.717, 1.165) is 0 Å². The Bertz CT molecular complexity index is 2050. The monoisotopic (exact) mass is 894 g/mol. The van der Waals surface area contributed by atoms with Crippen molar-refractivity contribution in [3.05, 3.63) is 101 Å². The molecule has 292 valence electrons. The molecule has 55 heavy (non-hydrogen) atoms. The van der Waals surface area contributed by atoms with E-state index >= 15 is 0 Å². The maximum absolute atomic E-state index is 10.6. The van der Waals surface area contributed by atoms with Crippen molar-refractivity contribution in [1.82, 2.24) is 38.6 Å². The van der Waals surface area contributed by atoms with E-state index in [1.807, 2.05) is 12.1 Å². The summed E-state index contributed by atoms with van der Waals surface area (Å²) in [4.78, 5) is 66.9. The number of rotatable bonds is 13. The van der Waals surface area contributed by atoms with Crippen molar-refractivity contribution in [2.45, 2.75) is 63.4 Å². The van der Waals surface area contributed by atoms with Crippen LogP contribution in [0.3, 0.4) is 0 Å². The zero-order valence-electron chi connectivity index (χ0n) is 29.0. The number of aromatic amines is 1. The second kappa shape index (κ2) is 25.9. The number of allylic oxidation sites excluding steroid dienone is 1. The third-order valence-corrected chi connectivity index (χ3v) is 7.36. The van der Waals surface area contributed by atoms with E-state index in [4.69, 9.17) is 21.5 Å². The Balaban J connectivity index is 0.000000691. The third kappa shape index (κ3) is 16.5. The minimum Gasteiger partial charge on any atom is -0.370 e. The molecule has 4 heterocycles. The maximum Gasteiger partial charge on any atom is 0.385 e. The molecule has 0 fully saturated rings. The first-order valence-electron chi connectivity index (χ1n) is 14.9. The van der Waals surface area contributed by atoms with Crippen LogP contribution in [-0.2, 0) is 35.1 Å². The van der Waals surface area contributed by atoms with Gasteiger partial charge in [0.2, 0.25) is 24.9 Å². The predicted octanol–water partition coefficient (Wildman–Crippen LogP) is 4.50. The van der Waals surface area contributed by atoms with Crippen LogP contribution in [0.5, 0.6) is 0 Å². The lowest BCUT2D eigenvalue weighted by atomic mass is 10.4. The highest BCUT2D eigenvalue weighted by atomic mass is 79.9. The van der Waals surface area contributed by atoms with E-state index in [1.165, 1.54) is 36.0 Å². The van der Waals surface area contributed by atoms with Gasteiger partial charge in [0, 0.05) is 32.1 Å². The van der Waals surface area contributed by atoms with Gasteiger partial charge in [0.1, 0.15) is 22.8 Å². The zero-order valence-corrected chi connectivity index (χ0v) is 32.2. The average molecular weight is 896 g/mol. The highest BCUT2D eigenvalue weighted by molar-refractivity contribution is 9.08. The van der Waals surface area contributed by atoms with Crippen LogP contribution < -0.4 is 5.73 Å². The highest BCUT2D eigenvalue weighted by Crippen LogP contribution is 2.20. The number of imidazole rings is 4. The quantitative estimate of drug-likeness (QED) is 0.0807. The van der Waals surface area contributed by atoms with E-state index in [-0.39, 0.29) is 29.7 Å². The van der Waals surface area contributed by atoms with Gasteiger partial charge >= 0.3 is 23.3 Å². The minimum atomic E-state index is -0.558. The molecule has 0 bridgehead atoms. The number of amides is 1. The van der Waals surface area contributed by atoms with Crippen LogP contribution in [0.1, 0.15) is 42.0 Å². The first-order valence-corrected chi connectivity index (χ1v) is 17.1. The number of carbonyl (C=O) groups is 1. The van der Waals surface area contributed by atoms with Gasteiger partial charge in [0.15, 0.2) is 6.33 Å². The fourth-order valence-electron chi connectivity index (χ4n) is 3.71. The van der Waals surface area contributed by atoms with E-state index < -0.39 is 25.6 Å². The summed E-state index contributed by atoms with van der Waals surface area (Å²) in [6.45, 7) is 7.49. The van der Waals surface area contributed by atoms with Crippen molar-refractivity contribution >= 4 is 61.0 Å². The molecule has 0 saturated carbocycles. The number of aromatic nitrogens is 8. The highest BCUT2D eigenvalue weighted by Gasteiger charge is 2.21. The van der Waals surface area contributed by atoms with Crippen molar-refractivity contribution in [1.29, 1.82) is 15.8 Å². The number of nitriles is 3. The topological polar surface area (TPSA) is 369 Å². The number of hydrogen-bond acceptors (Lipinski definition) is 16. The van der Waals surface area contributed by atoms with Crippen LogP contribution in [0.15, 0.2) is 38.0 Å². The Morgan fingerprint density at radius 2 is 1.22 bits per heavy atom. The molecule has 0 aliphatic rings. The number of alkyl halides is 2. The summed E-state index contributed by atoms with van der Waals surface area (Å²) in [6.07, 6.45) is 7.34. The SMILES string of the molecule is C=CC#N.Cc1c([N+](=O)[O-])ncn1CCC#N.Cc1nc[nH]c1[N+](=O)[O-].N#CCCn1cnc([N+](=O)[O-])c1CBr.NC(=O)CCn1cnc([N+](=O)[O-])c1CBr. The van der Waals surface area contributed by atoms with Gasteiger partial charge in [-0.25, -0.2) is 9.97 Å². The lowest BCUT2D eigenvalue weighted by Gasteiger charge is -2.02. The molecule has 0 radical (unpaired) electrons. The van der Waals surface area contributed by atoms with E-state index in [9.17, 15) is 45.3 Å². The average Bonchev–Trinajstić information content (AvgIpc) is 3.95. The maximum atomic E-state index is 10.6. The number of hydrogen-bond donors (Lipinski definition) is 2. The number of nitrogens with one attached hydrogen (secondary N) is 1. The smallest absolute Gasteiger partial charge is 0.370 e. The summed E-state index contributed by atoms with van der Waals surface area (Å²) in [7, 11) is 0. The molecule has 1 amide bonds. The number of aryl methyl sites for hydroxylation is 4. The van der Waals surface area contributed by atoms with Gasteiger partial charge < -0.3 is 59.9 Å².